The number of ether oxygens (including phenoxy) is 2. The largest absolute Gasteiger partial charge is 0.457 e. The fraction of sp³-hybridized carbons (Fsp3) is 0.261. The van der Waals surface area contributed by atoms with Gasteiger partial charge in [0, 0.05) is 10.6 Å². The summed E-state index contributed by atoms with van der Waals surface area (Å²) in [4.78, 5) is 12.7. The van der Waals surface area contributed by atoms with Crippen molar-refractivity contribution < 1.29 is 14.3 Å². The predicted molar refractivity (Wildman–Crippen MR) is 116 cm³/mol. The lowest BCUT2D eigenvalue weighted by Crippen LogP contribution is -2.14. The Morgan fingerprint density at radius 2 is 1.86 bits per heavy atom. The van der Waals surface area contributed by atoms with E-state index in [1.165, 1.54) is 0 Å². The van der Waals surface area contributed by atoms with E-state index in [4.69, 9.17) is 50.7 Å². The molecule has 0 aliphatic heterocycles. The first-order chi connectivity index (χ1) is 13.7. The van der Waals surface area contributed by atoms with Gasteiger partial charge in [-0.25, -0.2) is 0 Å². The molecule has 0 saturated heterocycles. The summed E-state index contributed by atoms with van der Waals surface area (Å²) in [7, 11) is 0. The number of hydrogen-bond donors (Lipinski definition) is 0. The van der Waals surface area contributed by atoms with Crippen LogP contribution in [-0.2, 0) is 9.53 Å². The number of allylic oxidation sites excluding steroid dienone is 1. The molecule has 29 heavy (non-hydrogen) atoms. The second kappa shape index (κ2) is 8.71. The van der Waals surface area contributed by atoms with Crippen LogP contribution in [0.15, 0.2) is 59.1 Å². The Kier molecular flexibility index (Phi) is 6.49. The molecule has 1 fully saturated rings. The van der Waals surface area contributed by atoms with Gasteiger partial charge in [-0.15, -0.1) is 6.42 Å². The maximum Gasteiger partial charge on any atom is 0.311 e. The van der Waals surface area contributed by atoms with Gasteiger partial charge in [0.25, 0.3) is 0 Å². The Morgan fingerprint density at radius 1 is 1.17 bits per heavy atom. The van der Waals surface area contributed by atoms with Crippen molar-refractivity contribution in [2.75, 3.05) is 0 Å². The highest BCUT2D eigenvalue weighted by atomic mass is 35.5. The quantitative estimate of drug-likeness (QED) is 0.354. The first-order valence-corrected chi connectivity index (χ1v) is 10.1. The Hall–Kier alpha value is -2.12. The van der Waals surface area contributed by atoms with Crippen LogP contribution in [0.25, 0.3) is 0 Å². The van der Waals surface area contributed by atoms with Crippen LogP contribution in [0, 0.1) is 29.6 Å². The van der Waals surface area contributed by atoms with E-state index >= 15 is 0 Å². The van der Waals surface area contributed by atoms with Gasteiger partial charge in [-0.3, -0.25) is 4.79 Å². The van der Waals surface area contributed by atoms with Gasteiger partial charge < -0.3 is 9.47 Å². The number of carbonyl (C=O) groups excluding carboxylic acids is 1. The molecule has 3 nitrogen and oxygen atoms in total. The average Bonchev–Trinajstić information content (AvgIpc) is 3.21. The second-order valence-electron chi connectivity index (χ2n) is 7.39. The molecule has 1 saturated carbocycles. The Morgan fingerprint density at radius 3 is 2.48 bits per heavy atom. The second-order valence-corrected chi connectivity index (χ2v) is 8.84. The van der Waals surface area contributed by atoms with E-state index < -0.39 is 6.10 Å². The number of rotatable bonds is 6. The first-order valence-electron chi connectivity index (χ1n) is 8.95. The van der Waals surface area contributed by atoms with Gasteiger partial charge in [-0.2, -0.15) is 0 Å². The van der Waals surface area contributed by atoms with Gasteiger partial charge in [-0.1, -0.05) is 66.7 Å². The SMILES string of the molecule is C#CC(OC(=O)C1C(C=C(Cl)Cl)C1(C)C)c1cccc(Oc2ccc(Cl)cc2)c1. The van der Waals surface area contributed by atoms with E-state index in [-0.39, 0.29) is 27.7 Å². The lowest BCUT2D eigenvalue weighted by molar-refractivity contribution is -0.149. The summed E-state index contributed by atoms with van der Waals surface area (Å²) in [5.41, 5.74) is 0.360. The molecule has 6 heteroatoms. The number of carbonyl (C=O) groups is 1. The van der Waals surface area contributed by atoms with Crippen molar-refractivity contribution in [2.45, 2.75) is 20.0 Å². The standard InChI is InChI=1S/C23H19Cl3O3/c1-4-19(29-22(27)21-18(13-20(25)26)23(21,2)3)14-6-5-7-17(12-14)28-16-10-8-15(24)9-11-16/h1,5-13,18-19,21H,2-3H3. The third-order valence-corrected chi connectivity index (χ3v) is 5.57. The summed E-state index contributed by atoms with van der Waals surface area (Å²) < 4.78 is 11.6. The van der Waals surface area contributed by atoms with Gasteiger partial charge in [0.1, 0.15) is 16.0 Å². The normalized spacial score (nSPS) is 20.1. The molecule has 0 amide bonds. The molecule has 3 atom stereocenters. The minimum Gasteiger partial charge on any atom is -0.457 e. The molecule has 2 aromatic carbocycles. The molecule has 3 rings (SSSR count). The Balaban J connectivity index is 1.72. The van der Waals surface area contributed by atoms with Crippen molar-refractivity contribution in [1.29, 1.82) is 0 Å². The van der Waals surface area contributed by atoms with Crippen molar-refractivity contribution in [3.63, 3.8) is 0 Å². The molecule has 0 heterocycles. The van der Waals surface area contributed by atoms with Gasteiger partial charge >= 0.3 is 5.97 Å². The van der Waals surface area contributed by atoms with E-state index in [1.54, 1.807) is 54.6 Å². The van der Waals surface area contributed by atoms with E-state index in [1.807, 2.05) is 13.8 Å². The summed E-state index contributed by atoms with van der Waals surface area (Å²) >= 11 is 17.4. The molecule has 0 N–H and O–H groups in total. The van der Waals surface area contributed by atoms with Gasteiger partial charge in [0.05, 0.1) is 5.92 Å². The lowest BCUT2D eigenvalue weighted by Gasteiger charge is -2.15. The lowest BCUT2D eigenvalue weighted by atomic mass is 10.1. The molecule has 0 spiro atoms. The molecular formula is C23H19Cl3O3. The highest BCUT2D eigenvalue weighted by Crippen LogP contribution is 2.60. The smallest absolute Gasteiger partial charge is 0.311 e. The van der Waals surface area contributed by atoms with Crippen LogP contribution >= 0.6 is 34.8 Å². The number of hydrogen-bond acceptors (Lipinski definition) is 3. The van der Waals surface area contributed by atoms with Crippen molar-refractivity contribution in [2.24, 2.45) is 17.3 Å². The fourth-order valence-corrected chi connectivity index (χ4v) is 3.74. The number of terminal acetylenes is 1. The van der Waals surface area contributed by atoms with Crippen LogP contribution in [0.1, 0.15) is 25.5 Å². The zero-order valence-electron chi connectivity index (χ0n) is 15.9. The predicted octanol–water partition coefficient (Wildman–Crippen LogP) is 6.94. The van der Waals surface area contributed by atoms with Gasteiger partial charge in [-0.05, 0) is 53.8 Å². The third kappa shape index (κ3) is 5.08. The zero-order chi connectivity index (χ0) is 21.2. The van der Waals surface area contributed by atoms with Crippen LogP contribution in [-0.4, -0.2) is 5.97 Å². The van der Waals surface area contributed by atoms with Crippen molar-refractivity contribution in [3.05, 3.63) is 69.7 Å². The summed E-state index contributed by atoms with van der Waals surface area (Å²) in [6, 6.07) is 14.1. The number of halogens is 3. The zero-order valence-corrected chi connectivity index (χ0v) is 18.1. The highest BCUT2D eigenvalue weighted by Gasteiger charge is 2.61. The summed E-state index contributed by atoms with van der Waals surface area (Å²) in [5, 5.41) is 0.622. The highest BCUT2D eigenvalue weighted by molar-refractivity contribution is 6.55. The van der Waals surface area contributed by atoms with Crippen LogP contribution < -0.4 is 4.74 Å². The Labute approximate surface area is 185 Å². The molecular weight excluding hydrogens is 431 g/mol. The van der Waals surface area contributed by atoms with E-state index in [2.05, 4.69) is 5.92 Å². The maximum atomic E-state index is 12.7. The molecule has 150 valence electrons. The minimum atomic E-state index is -0.830. The average molecular weight is 450 g/mol. The summed E-state index contributed by atoms with van der Waals surface area (Å²) in [5.74, 6) is 2.92. The molecule has 0 bridgehead atoms. The first kappa shape index (κ1) is 21.6. The van der Waals surface area contributed by atoms with E-state index in [0.29, 0.717) is 22.1 Å². The minimum absolute atomic E-state index is 0.0852. The van der Waals surface area contributed by atoms with Crippen LogP contribution in [0.4, 0.5) is 0 Å². The molecule has 3 unspecified atom stereocenters. The number of benzene rings is 2. The molecule has 1 aliphatic rings. The Bertz CT molecular complexity index is 970. The topological polar surface area (TPSA) is 35.5 Å². The van der Waals surface area contributed by atoms with Crippen LogP contribution in [0.5, 0.6) is 11.5 Å². The van der Waals surface area contributed by atoms with Crippen molar-refractivity contribution >= 4 is 40.8 Å². The van der Waals surface area contributed by atoms with Gasteiger partial charge in [0.15, 0.2) is 6.10 Å². The van der Waals surface area contributed by atoms with E-state index in [9.17, 15) is 4.79 Å². The third-order valence-electron chi connectivity index (χ3n) is 5.07. The van der Waals surface area contributed by atoms with Gasteiger partial charge in [0.2, 0.25) is 0 Å². The monoisotopic (exact) mass is 448 g/mol. The molecule has 2 aromatic rings. The van der Waals surface area contributed by atoms with E-state index in [0.717, 1.165) is 0 Å². The molecule has 0 aromatic heterocycles. The summed E-state index contributed by atoms with van der Waals surface area (Å²) in [6.07, 6.45) is 6.48. The molecule has 1 aliphatic carbocycles. The number of esters is 1. The van der Waals surface area contributed by atoms with Crippen LogP contribution in [0.2, 0.25) is 5.02 Å². The van der Waals surface area contributed by atoms with Crippen molar-refractivity contribution in [3.8, 4) is 23.8 Å². The molecule has 0 radical (unpaired) electrons. The van der Waals surface area contributed by atoms with Crippen LogP contribution in [0.3, 0.4) is 0 Å². The fourth-order valence-electron chi connectivity index (χ4n) is 3.34. The van der Waals surface area contributed by atoms with Crippen molar-refractivity contribution in [1.82, 2.24) is 0 Å². The maximum absolute atomic E-state index is 12.7. The summed E-state index contributed by atoms with van der Waals surface area (Å²) in [6.45, 7) is 3.92.